The third kappa shape index (κ3) is 4.17. The van der Waals surface area contributed by atoms with Crippen molar-refractivity contribution in [2.75, 3.05) is 18.4 Å². The molecule has 0 aromatic carbocycles. The molecule has 2 aromatic heterocycles. The monoisotopic (exact) mass is 376 g/mol. The van der Waals surface area contributed by atoms with E-state index in [0.717, 1.165) is 31.3 Å². The van der Waals surface area contributed by atoms with Gasteiger partial charge in [-0.15, -0.1) is 0 Å². The lowest BCUT2D eigenvalue weighted by atomic mass is 10.1. The van der Waals surface area contributed by atoms with E-state index in [9.17, 15) is 14.3 Å². The number of hydrogen-bond donors (Lipinski definition) is 2. The number of carbonyl (C=O) groups is 1. The maximum Gasteiger partial charge on any atom is 0.407 e. The summed E-state index contributed by atoms with van der Waals surface area (Å²) in [5.74, 6) is 0.557. The Kier molecular flexibility index (Phi) is 5.57. The zero-order valence-electron chi connectivity index (χ0n) is 15.8. The van der Waals surface area contributed by atoms with E-state index in [4.69, 9.17) is 0 Å². The number of aryl methyl sites for hydroxylation is 1. The molecule has 0 bridgehead atoms. The second-order valence-corrected chi connectivity index (χ2v) is 7.11. The maximum absolute atomic E-state index is 14.4. The molecular formula is C18H25FN6O2. The highest BCUT2D eigenvalue weighted by atomic mass is 19.1. The summed E-state index contributed by atoms with van der Waals surface area (Å²) < 4.78 is 16.4. The van der Waals surface area contributed by atoms with Crippen molar-refractivity contribution < 1.29 is 14.3 Å². The summed E-state index contributed by atoms with van der Waals surface area (Å²) in [5.41, 5.74) is 0.781. The van der Waals surface area contributed by atoms with Crippen LogP contribution in [0.1, 0.15) is 45.0 Å². The Labute approximate surface area is 157 Å². The average Bonchev–Trinajstić information content (AvgIpc) is 2.84. The molecule has 1 unspecified atom stereocenters. The van der Waals surface area contributed by atoms with Gasteiger partial charge >= 0.3 is 6.09 Å². The van der Waals surface area contributed by atoms with Crippen molar-refractivity contribution in [3.8, 4) is 11.4 Å². The lowest BCUT2D eigenvalue weighted by Gasteiger charge is -2.22. The van der Waals surface area contributed by atoms with Crippen LogP contribution in [0.3, 0.4) is 0 Å². The Hall–Kier alpha value is -2.71. The van der Waals surface area contributed by atoms with Crippen LogP contribution in [0.15, 0.2) is 12.4 Å². The molecule has 0 spiro atoms. The highest BCUT2D eigenvalue weighted by Crippen LogP contribution is 2.26. The zero-order valence-corrected chi connectivity index (χ0v) is 15.8. The summed E-state index contributed by atoms with van der Waals surface area (Å²) in [6.45, 7) is 6.75. The summed E-state index contributed by atoms with van der Waals surface area (Å²) in [6, 6.07) is -0.00193. The summed E-state index contributed by atoms with van der Waals surface area (Å²) in [5, 5.41) is 12.4. The fraction of sp³-hybridized carbons (Fsp3) is 0.556. The predicted molar refractivity (Wildman–Crippen MR) is 99.2 cm³/mol. The van der Waals surface area contributed by atoms with Gasteiger partial charge in [0.1, 0.15) is 11.5 Å². The van der Waals surface area contributed by atoms with Crippen LogP contribution >= 0.6 is 0 Å². The van der Waals surface area contributed by atoms with Crippen molar-refractivity contribution >= 4 is 12.0 Å². The molecule has 3 heterocycles. The Morgan fingerprint density at radius 3 is 2.81 bits per heavy atom. The number of amides is 1. The first-order chi connectivity index (χ1) is 12.9. The predicted octanol–water partition coefficient (Wildman–Crippen LogP) is 3.31. The number of hydrogen-bond acceptors (Lipinski definition) is 5. The molecule has 9 heteroatoms. The number of imidazole rings is 1. The van der Waals surface area contributed by atoms with Gasteiger partial charge in [0.05, 0.1) is 18.1 Å². The average molecular weight is 376 g/mol. The van der Waals surface area contributed by atoms with Gasteiger partial charge in [0, 0.05) is 25.2 Å². The Morgan fingerprint density at radius 2 is 2.11 bits per heavy atom. The molecule has 1 fully saturated rings. The summed E-state index contributed by atoms with van der Waals surface area (Å²) >= 11 is 0. The van der Waals surface area contributed by atoms with E-state index in [1.165, 1.54) is 4.90 Å². The molecule has 8 nitrogen and oxygen atoms in total. The van der Waals surface area contributed by atoms with Crippen LogP contribution in [-0.4, -0.2) is 54.8 Å². The Bertz CT molecular complexity index is 822. The minimum atomic E-state index is -0.930. The van der Waals surface area contributed by atoms with Crippen LogP contribution < -0.4 is 5.32 Å². The minimum Gasteiger partial charge on any atom is -0.465 e. The SMILES string of the molecule is Cc1ncc(-c2nc(NC3CCCCN(C(=O)O)C3)ncc2F)n1C(C)C. The van der Waals surface area contributed by atoms with Crippen molar-refractivity contribution in [1.29, 1.82) is 0 Å². The molecule has 0 radical (unpaired) electrons. The van der Waals surface area contributed by atoms with Crippen LogP contribution in [0.2, 0.25) is 0 Å². The molecule has 1 amide bonds. The molecule has 1 saturated heterocycles. The largest absolute Gasteiger partial charge is 0.465 e. The first-order valence-corrected chi connectivity index (χ1v) is 9.18. The van der Waals surface area contributed by atoms with Crippen LogP contribution in [0.4, 0.5) is 15.1 Å². The Balaban J connectivity index is 1.87. The van der Waals surface area contributed by atoms with Crippen molar-refractivity contribution in [2.45, 2.75) is 52.1 Å². The number of nitrogens with one attached hydrogen (secondary N) is 1. The highest BCUT2D eigenvalue weighted by Gasteiger charge is 2.23. The number of likely N-dealkylation sites (tertiary alicyclic amines) is 1. The smallest absolute Gasteiger partial charge is 0.407 e. The first-order valence-electron chi connectivity index (χ1n) is 9.18. The van der Waals surface area contributed by atoms with Crippen LogP contribution in [0.5, 0.6) is 0 Å². The second kappa shape index (κ2) is 7.89. The van der Waals surface area contributed by atoms with Crippen LogP contribution in [0, 0.1) is 12.7 Å². The number of aromatic nitrogens is 4. The van der Waals surface area contributed by atoms with Crippen LogP contribution in [-0.2, 0) is 0 Å². The highest BCUT2D eigenvalue weighted by molar-refractivity contribution is 5.65. The van der Waals surface area contributed by atoms with Gasteiger partial charge in [-0.25, -0.2) is 24.1 Å². The van der Waals surface area contributed by atoms with Gasteiger partial charge in [-0.3, -0.25) is 0 Å². The molecule has 2 N–H and O–H groups in total. The quantitative estimate of drug-likeness (QED) is 0.850. The Morgan fingerprint density at radius 1 is 1.33 bits per heavy atom. The van der Waals surface area contributed by atoms with E-state index in [-0.39, 0.29) is 23.7 Å². The number of rotatable bonds is 4. The standard InChI is InChI=1S/C18H25FN6O2/c1-11(2)25-12(3)20-9-15(25)16-14(19)8-21-17(23-16)22-13-6-4-5-7-24(10-13)18(26)27/h8-9,11,13H,4-7,10H2,1-3H3,(H,26,27)(H,21,22,23). The fourth-order valence-electron chi connectivity index (χ4n) is 3.51. The van der Waals surface area contributed by atoms with Gasteiger partial charge in [-0.05, 0) is 40.0 Å². The molecular weight excluding hydrogens is 351 g/mol. The zero-order chi connectivity index (χ0) is 19.6. The summed E-state index contributed by atoms with van der Waals surface area (Å²) in [4.78, 5) is 25.4. The normalized spacial score (nSPS) is 17.8. The summed E-state index contributed by atoms with van der Waals surface area (Å²) in [6.07, 6.45) is 4.37. The number of anilines is 1. The summed E-state index contributed by atoms with van der Waals surface area (Å²) in [7, 11) is 0. The van der Waals surface area contributed by atoms with E-state index in [1.807, 2.05) is 25.3 Å². The van der Waals surface area contributed by atoms with E-state index < -0.39 is 11.9 Å². The molecule has 0 saturated carbocycles. The molecule has 1 aliphatic rings. The molecule has 1 aliphatic heterocycles. The van der Waals surface area contributed by atoms with Crippen LogP contribution in [0.25, 0.3) is 11.4 Å². The topological polar surface area (TPSA) is 96.2 Å². The van der Waals surface area contributed by atoms with E-state index >= 15 is 0 Å². The van der Waals surface area contributed by atoms with Gasteiger partial charge in [0.2, 0.25) is 5.95 Å². The van der Waals surface area contributed by atoms with E-state index in [0.29, 0.717) is 18.8 Å². The lowest BCUT2D eigenvalue weighted by Crippen LogP contribution is -2.38. The molecule has 0 aliphatic carbocycles. The van der Waals surface area contributed by atoms with Crippen molar-refractivity contribution in [1.82, 2.24) is 24.4 Å². The fourth-order valence-corrected chi connectivity index (χ4v) is 3.51. The molecule has 146 valence electrons. The van der Waals surface area contributed by atoms with Crippen molar-refractivity contribution in [2.24, 2.45) is 0 Å². The van der Waals surface area contributed by atoms with Gasteiger partial charge in [0.15, 0.2) is 5.82 Å². The van der Waals surface area contributed by atoms with E-state index in [2.05, 4.69) is 20.3 Å². The molecule has 3 rings (SSSR count). The molecule has 2 aromatic rings. The van der Waals surface area contributed by atoms with Gasteiger partial charge in [0.25, 0.3) is 0 Å². The molecule has 27 heavy (non-hydrogen) atoms. The number of carboxylic acid groups (broad SMARTS) is 1. The van der Waals surface area contributed by atoms with Gasteiger partial charge in [-0.1, -0.05) is 0 Å². The maximum atomic E-state index is 14.4. The van der Waals surface area contributed by atoms with E-state index in [1.54, 1.807) is 6.20 Å². The van der Waals surface area contributed by atoms with Gasteiger partial charge in [-0.2, -0.15) is 0 Å². The first kappa shape index (κ1) is 19.1. The second-order valence-electron chi connectivity index (χ2n) is 7.11. The number of nitrogens with zero attached hydrogens (tertiary/aromatic N) is 5. The lowest BCUT2D eigenvalue weighted by molar-refractivity contribution is 0.146. The third-order valence-electron chi connectivity index (χ3n) is 4.76. The van der Waals surface area contributed by atoms with Crippen molar-refractivity contribution in [3.63, 3.8) is 0 Å². The van der Waals surface area contributed by atoms with Gasteiger partial charge < -0.3 is 19.9 Å². The third-order valence-corrected chi connectivity index (χ3v) is 4.76. The number of halogens is 1. The minimum absolute atomic E-state index is 0.110. The van der Waals surface area contributed by atoms with Crippen molar-refractivity contribution in [3.05, 3.63) is 24.0 Å². The molecule has 1 atom stereocenters.